The molecule has 2 heterocycles. The number of hydrogen-bond donors (Lipinski definition) is 2. The number of carbonyl (C=O) groups is 1. The molecular weight excluding hydrogens is 415 g/mol. The minimum absolute atomic E-state index is 0.344. The Morgan fingerprint density at radius 2 is 2.21 bits per heavy atom. The topological polar surface area (TPSA) is 79.8 Å². The fourth-order valence-electron chi connectivity index (χ4n) is 4.18. The largest absolute Gasteiger partial charge is 0.379 e. The minimum atomic E-state index is -1.36. The fraction of sp³-hybridized carbons (Fsp3) is 0.450. The van der Waals surface area contributed by atoms with Crippen LogP contribution in [0.2, 0.25) is 0 Å². The summed E-state index contributed by atoms with van der Waals surface area (Å²) in [4.78, 5) is 21.7. The number of carbonyl (C=O) groups excluding carboxylic acids is 1. The quantitative estimate of drug-likeness (QED) is 0.686. The Kier molecular flexibility index (Phi) is 5.23. The lowest BCUT2D eigenvalue weighted by Gasteiger charge is -2.37. The fourth-order valence-corrected chi connectivity index (χ4v) is 5.75. The van der Waals surface area contributed by atoms with Crippen molar-refractivity contribution >= 4 is 57.9 Å². The van der Waals surface area contributed by atoms with Crippen molar-refractivity contribution in [3.8, 4) is 0 Å². The van der Waals surface area contributed by atoms with Crippen molar-refractivity contribution in [2.75, 3.05) is 11.1 Å². The number of alkyl halides is 2. The van der Waals surface area contributed by atoms with E-state index in [0.29, 0.717) is 16.8 Å². The number of allylic oxidation sites excluding steroid dienone is 1. The Balaban J connectivity index is 1.66. The predicted octanol–water partition coefficient (Wildman–Crippen LogP) is 4.04. The lowest BCUT2D eigenvalue weighted by atomic mass is 9.79. The number of nitrogens with two attached hydrogens (primary N) is 1. The number of halogens is 2. The highest BCUT2D eigenvalue weighted by molar-refractivity contribution is 8.13. The van der Waals surface area contributed by atoms with Crippen molar-refractivity contribution in [3.05, 3.63) is 41.5 Å². The zero-order valence-corrected chi connectivity index (χ0v) is 17.8. The van der Waals surface area contributed by atoms with Crippen LogP contribution in [-0.2, 0) is 16.8 Å². The Hall–Kier alpha value is -1.50. The van der Waals surface area contributed by atoms with E-state index < -0.39 is 10.4 Å². The number of aliphatic imine (C=N–C) groups is 2. The van der Waals surface area contributed by atoms with Gasteiger partial charge in [-0.15, -0.1) is 0 Å². The van der Waals surface area contributed by atoms with Gasteiger partial charge in [-0.1, -0.05) is 41.0 Å². The number of amidine groups is 1. The average Bonchev–Trinajstić information content (AvgIpc) is 2.77. The molecule has 8 heteroatoms. The Bertz CT molecular complexity index is 898. The van der Waals surface area contributed by atoms with Gasteiger partial charge in [0.25, 0.3) is 5.91 Å². The third-order valence-electron chi connectivity index (χ3n) is 5.74. The monoisotopic (exact) mass is 436 g/mol. The van der Waals surface area contributed by atoms with Crippen molar-refractivity contribution in [2.45, 2.75) is 42.1 Å². The summed E-state index contributed by atoms with van der Waals surface area (Å²) in [6, 6.07) is 5.11. The second-order valence-corrected chi connectivity index (χ2v) is 10.1. The van der Waals surface area contributed by atoms with E-state index in [-0.39, 0.29) is 11.4 Å². The molecule has 4 rings (SSSR count). The van der Waals surface area contributed by atoms with Crippen LogP contribution in [0.5, 0.6) is 0 Å². The van der Waals surface area contributed by atoms with E-state index in [0.717, 1.165) is 30.6 Å². The van der Waals surface area contributed by atoms with Gasteiger partial charge in [0.1, 0.15) is 0 Å². The molecule has 0 aromatic heterocycles. The molecule has 3 aliphatic rings. The first-order valence-corrected chi connectivity index (χ1v) is 11.0. The van der Waals surface area contributed by atoms with Gasteiger partial charge in [-0.05, 0) is 67.5 Å². The molecule has 2 aliphatic heterocycles. The SMILES string of the molecule is C[C@]12N=C(N)SC[C@H]1CCCc1ccc(NC(=O)C3N=CC=CC3(Cl)Cl)cc12. The number of fused-ring (bicyclic) bond motifs is 3. The second-order valence-electron chi connectivity index (χ2n) is 7.59. The number of hydrogen-bond acceptors (Lipinski definition) is 5. The minimum Gasteiger partial charge on any atom is -0.379 e. The summed E-state index contributed by atoms with van der Waals surface area (Å²) in [5.41, 5.74) is 8.77. The number of amides is 1. The van der Waals surface area contributed by atoms with Gasteiger partial charge in [-0.2, -0.15) is 0 Å². The van der Waals surface area contributed by atoms with Gasteiger partial charge in [-0.3, -0.25) is 14.8 Å². The molecule has 0 spiro atoms. The van der Waals surface area contributed by atoms with E-state index in [4.69, 9.17) is 33.9 Å². The van der Waals surface area contributed by atoms with Crippen molar-refractivity contribution in [1.82, 2.24) is 0 Å². The van der Waals surface area contributed by atoms with Gasteiger partial charge < -0.3 is 11.1 Å². The van der Waals surface area contributed by atoms with Gasteiger partial charge in [0, 0.05) is 17.7 Å². The van der Waals surface area contributed by atoms with Crippen LogP contribution >= 0.6 is 35.0 Å². The third kappa shape index (κ3) is 3.58. The summed E-state index contributed by atoms with van der Waals surface area (Å²) in [6.07, 6.45) is 7.97. The second kappa shape index (κ2) is 7.39. The van der Waals surface area contributed by atoms with Crippen LogP contribution in [-0.4, -0.2) is 33.4 Å². The van der Waals surface area contributed by atoms with E-state index in [9.17, 15) is 4.79 Å². The molecule has 28 heavy (non-hydrogen) atoms. The molecule has 1 amide bonds. The summed E-state index contributed by atoms with van der Waals surface area (Å²) in [5.74, 6) is 1.04. The lowest BCUT2D eigenvalue weighted by molar-refractivity contribution is -0.117. The van der Waals surface area contributed by atoms with E-state index in [1.54, 1.807) is 23.9 Å². The first kappa shape index (κ1) is 19.8. The summed E-state index contributed by atoms with van der Waals surface area (Å²) >= 11 is 14.1. The maximum Gasteiger partial charge on any atom is 0.252 e. The molecule has 0 bridgehead atoms. The van der Waals surface area contributed by atoms with E-state index in [1.165, 1.54) is 11.8 Å². The number of thioether (sulfide) groups is 1. The number of nitrogens with one attached hydrogen (secondary N) is 1. The number of rotatable bonds is 2. The summed E-state index contributed by atoms with van der Waals surface area (Å²) in [7, 11) is 0. The molecule has 148 valence electrons. The molecule has 1 aromatic carbocycles. The maximum absolute atomic E-state index is 12.8. The van der Waals surface area contributed by atoms with Gasteiger partial charge >= 0.3 is 0 Å². The predicted molar refractivity (Wildman–Crippen MR) is 119 cm³/mol. The van der Waals surface area contributed by atoms with Crippen molar-refractivity contribution in [2.24, 2.45) is 21.6 Å². The number of aryl methyl sites for hydroxylation is 1. The van der Waals surface area contributed by atoms with Crippen LogP contribution < -0.4 is 11.1 Å². The first-order chi connectivity index (χ1) is 13.3. The zero-order valence-electron chi connectivity index (χ0n) is 15.5. The van der Waals surface area contributed by atoms with Crippen LogP contribution in [0.15, 0.2) is 40.3 Å². The number of benzene rings is 1. The molecule has 5 nitrogen and oxygen atoms in total. The number of nitrogens with zero attached hydrogens (tertiary/aromatic N) is 2. The molecular formula is C20H22Cl2N4OS. The number of anilines is 1. The first-order valence-electron chi connectivity index (χ1n) is 9.31. The highest BCUT2D eigenvalue weighted by atomic mass is 35.5. The Labute approximate surface area is 178 Å². The van der Waals surface area contributed by atoms with E-state index in [2.05, 4.69) is 23.3 Å². The van der Waals surface area contributed by atoms with Crippen molar-refractivity contribution < 1.29 is 4.79 Å². The van der Waals surface area contributed by atoms with Crippen LogP contribution in [0.4, 0.5) is 5.69 Å². The summed E-state index contributed by atoms with van der Waals surface area (Å²) in [5, 5.41) is 3.54. The Morgan fingerprint density at radius 3 is 3.00 bits per heavy atom. The van der Waals surface area contributed by atoms with Crippen molar-refractivity contribution in [1.29, 1.82) is 0 Å². The summed E-state index contributed by atoms with van der Waals surface area (Å²) < 4.78 is -1.36. The number of dihydropyridines is 1. The highest BCUT2D eigenvalue weighted by Crippen LogP contribution is 2.46. The standard InChI is InChI=1S/C20H22Cl2N4OS/c1-19-13(11-28-18(23)26-19)5-2-4-12-6-7-14(10-15(12)19)25-17(27)16-20(21,22)8-3-9-24-16/h3,6-10,13,16H,2,4-5,11H2,1H3,(H2,23,26)(H,25,27)/t13-,16?,19+/m1/s1. The van der Waals surface area contributed by atoms with Gasteiger partial charge in [0.15, 0.2) is 15.5 Å². The zero-order chi connectivity index (χ0) is 19.9. The maximum atomic E-state index is 12.8. The van der Waals surface area contributed by atoms with Crippen LogP contribution in [0, 0.1) is 5.92 Å². The smallest absolute Gasteiger partial charge is 0.252 e. The van der Waals surface area contributed by atoms with Crippen LogP contribution in [0.1, 0.15) is 30.9 Å². The van der Waals surface area contributed by atoms with Gasteiger partial charge in [0.05, 0.1) is 5.54 Å². The molecule has 1 aromatic rings. The van der Waals surface area contributed by atoms with E-state index in [1.807, 2.05) is 12.1 Å². The van der Waals surface area contributed by atoms with Gasteiger partial charge in [-0.25, -0.2) is 0 Å². The van der Waals surface area contributed by atoms with Crippen molar-refractivity contribution in [3.63, 3.8) is 0 Å². The van der Waals surface area contributed by atoms with Gasteiger partial charge in [0.2, 0.25) is 0 Å². The molecule has 0 fully saturated rings. The molecule has 3 N–H and O–H groups in total. The van der Waals surface area contributed by atoms with E-state index >= 15 is 0 Å². The average molecular weight is 437 g/mol. The molecule has 0 saturated carbocycles. The molecule has 0 saturated heterocycles. The third-order valence-corrected chi connectivity index (χ3v) is 7.37. The highest BCUT2D eigenvalue weighted by Gasteiger charge is 2.42. The normalized spacial score (nSPS) is 30.6. The molecule has 1 unspecified atom stereocenters. The Morgan fingerprint density at radius 1 is 1.39 bits per heavy atom. The molecule has 0 radical (unpaired) electrons. The van der Waals surface area contributed by atoms with Crippen LogP contribution in [0.25, 0.3) is 0 Å². The van der Waals surface area contributed by atoms with Crippen LogP contribution in [0.3, 0.4) is 0 Å². The summed E-state index contributed by atoms with van der Waals surface area (Å²) in [6.45, 7) is 2.15. The molecule has 3 atom stereocenters. The molecule has 1 aliphatic carbocycles. The lowest BCUT2D eigenvalue weighted by Crippen LogP contribution is -2.40.